The molecule has 0 radical (unpaired) electrons. The summed E-state index contributed by atoms with van der Waals surface area (Å²) in [5, 5.41) is 17.1. The van der Waals surface area contributed by atoms with Gasteiger partial charge in [-0.3, -0.25) is 0 Å². The Kier molecular flexibility index (Phi) is 5.39. The fourth-order valence-electron chi connectivity index (χ4n) is 4.55. The molecular weight excluding hydrogens is 450 g/mol. The maximum atomic E-state index is 14.7. The summed E-state index contributed by atoms with van der Waals surface area (Å²) in [6.07, 6.45) is 5.88. The smallest absolute Gasteiger partial charge is 0.281 e. The minimum Gasteiger partial charge on any atom is -0.344 e. The fraction of sp³-hybridized carbons (Fsp3) is 0.632. The predicted octanol–water partition coefficient (Wildman–Crippen LogP) is 3.17. The number of nitriles is 1. The first-order chi connectivity index (χ1) is 14.5. The molecule has 2 aromatic heterocycles. The number of halogens is 3. The van der Waals surface area contributed by atoms with Crippen molar-refractivity contribution in [1.82, 2.24) is 18.9 Å². The number of rotatable bonds is 5. The van der Waals surface area contributed by atoms with E-state index in [9.17, 15) is 22.5 Å². The molecule has 4 rings (SSSR count). The maximum Gasteiger partial charge on any atom is 0.281 e. The van der Waals surface area contributed by atoms with Crippen molar-refractivity contribution in [3.8, 4) is 6.07 Å². The highest BCUT2D eigenvalue weighted by Crippen LogP contribution is 2.49. The van der Waals surface area contributed by atoms with Gasteiger partial charge in [0.05, 0.1) is 41.3 Å². The Balaban J connectivity index is 1.70. The molecule has 1 unspecified atom stereocenters. The van der Waals surface area contributed by atoms with Crippen LogP contribution in [0.3, 0.4) is 0 Å². The predicted molar refractivity (Wildman–Crippen MR) is 112 cm³/mol. The van der Waals surface area contributed by atoms with Crippen LogP contribution in [0.5, 0.6) is 0 Å². The Hall–Kier alpha value is -2.03. The second kappa shape index (κ2) is 7.53. The van der Waals surface area contributed by atoms with E-state index >= 15 is 0 Å². The molecule has 1 N–H and O–H groups in total. The highest BCUT2D eigenvalue weighted by atomic mass is 35.5. The first-order valence-electron chi connectivity index (χ1n) is 10.1. The number of hydrogen-bond acceptors (Lipinski definition) is 6. The zero-order chi connectivity index (χ0) is 22.6. The monoisotopic (exact) mass is 472 g/mol. The van der Waals surface area contributed by atoms with Crippen LogP contribution in [0.4, 0.5) is 14.7 Å². The number of anilines is 1. The van der Waals surface area contributed by atoms with Gasteiger partial charge in [-0.05, 0) is 25.7 Å². The highest BCUT2D eigenvalue weighted by molar-refractivity contribution is 7.88. The van der Waals surface area contributed by atoms with Gasteiger partial charge in [-0.1, -0.05) is 24.9 Å². The molecule has 0 amide bonds. The summed E-state index contributed by atoms with van der Waals surface area (Å²) in [5.41, 5.74) is 1.28. The fourth-order valence-corrected chi connectivity index (χ4v) is 5.66. The van der Waals surface area contributed by atoms with Crippen molar-refractivity contribution in [2.75, 3.05) is 24.7 Å². The van der Waals surface area contributed by atoms with Gasteiger partial charge in [-0.25, -0.2) is 26.7 Å². The van der Waals surface area contributed by atoms with Gasteiger partial charge in [0.25, 0.3) is 5.92 Å². The standard InChI is InChI=1S/C19H23ClF2N6O2S/c1-3-18(6-4-7-18)16-12(9-23)15(20)13-10-24-17(26-28(13)16)25-14-5-8-27(31(2,29)30)11-19(14,21)22/h10,14H,3-8,11H2,1-2H3,(H,25,26). The molecule has 1 atom stereocenters. The largest absolute Gasteiger partial charge is 0.344 e. The molecule has 168 valence electrons. The summed E-state index contributed by atoms with van der Waals surface area (Å²) in [5.74, 6) is -3.32. The van der Waals surface area contributed by atoms with Crippen molar-refractivity contribution in [3.05, 3.63) is 22.5 Å². The molecule has 2 fully saturated rings. The maximum absolute atomic E-state index is 14.7. The number of aromatic nitrogens is 3. The Morgan fingerprint density at radius 1 is 1.42 bits per heavy atom. The molecule has 1 aliphatic carbocycles. The summed E-state index contributed by atoms with van der Waals surface area (Å²) in [4.78, 5) is 4.13. The molecule has 0 bridgehead atoms. The lowest BCUT2D eigenvalue weighted by atomic mass is 9.64. The number of nitrogens with zero attached hydrogens (tertiary/aromatic N) is 5. The van der Waals surface area contributed by atoms with E-state index in [1.165, 1.54) is 6.20 Å². The minimum atomic E-state index is -3.70. The molecule has 8 nitrogen and oxygen atoms in total. The summed E-state index contributed by atoms with van der Waals surface area (Å²) < 4.78 is 55.0. The van der Waals surface area contributed by atoms with Crippen molar-refractivity contribution < 1.29 is 17.2 Å². The van der Waals surface area contributed by atoms with Crippen LogP contribution < -0.4 is 5.32 Å². The van der Waals surface area contributed by atoms with Crippen molar-refractivity contribution >= 4 is 33.1 Å². The van der Waals surface area contributed by atoms with Gasteiger partial charge in [0.15, 0.2) is 0 Å². The lowest BCUT2D eigenvalue weighted by Crippen LogP contribution is -2.55. The average Bonchev–Trinajstić information content (AvgIpc) is 2.94. The zero-order valence-electron chi connectivity index (χ0n) is 17.2. The van der Waals surface area contributed by atoms with Crippen LogP contribution in [0.1, 0.15) is 50.3 Å². The quantitative estimate of drug-likeness (QED) is 0.716. The molecule has 3 heterocycles. The summed E-state index contributed by atoms with van der Waals surface area (Å²) in [6.45, 7) is 1.13. The van der Waals surface area contributed by atoms with Crippen LogP contribution in [-0.2, 0) is 15.4 Å². The first kappa shape index (κ1) is 22.2. The molecule has 0 spiro atoms. The summed E-state index contributed by atoms with van der Waals surface area (Å²) in [6, 6.07) is 0.849. The third-order valence-electron chi connectivity index (χ3n) is 6.56. The number of nitrogens with one attached hydrogen (secondary N) is 1. The molecule has 31 heavy (non-hydrogen) atoms. The number of fused-ring (bicyclic) bond motifs is 1. The van der Waals surface area contributed by atoms with E-state index in [2.05, 4.69) is 21.5 Å². The van der Waals surface area contributed by atoms with Gasteiger partial charge < -0.3 is 5.32 Å². The zero-order valence-corrected chi connectivity index (χ0v) is 18.8. The molecule has 1 saturated heterocycles. The van der Waals surface area contributed by atoms with Crippen LogP contribution in [-0.4, -0.2) is 58.6 Å². The van der Waals surface area contributed by atoms with E-state index in [1.54, 1.807) is 4.52 Å². The van der Waals surface area contributed by atoms with Crippen molar-refractivity contribution in [2.45, 2.75) is 56.4 Å². The lowest BCUT2D eigenvalue weighted by Gasteiger charge is -2.41. The molecular formula is C19H23ClF2N6O2S. The van der Waals surface area contributed by atoms with Crippen LogP contribution in [0.15, 0.2) is 6.20 Å². The second-order valence-electron chi connectivity index (χ2n) is 8.36. The molecule has 1 saturated carbocycles. The van der Waals surface area contributed by atoms with Gasteiger partial charge in [-0.2, -0.15) is 9.57 Å². The van der Waals surface area contributed by atoms with Crippen LogP contribution in [0.25, 0.3) is 5.52 Å². The molecule has 0 aromatic carbocycles. The van der Waals surface area contributed by atoms with Gasteiger partial charge in [0.2, 0.25) is 16.0 Å². The van der Waals surface area contributed by atoms with Gasteiger partial charge in [0, 0.05) is 12.0 Å². The summed E-state index contributed by atoms with van der Waals surface area (Å²) in [7, 11) is -3.70. The Morgan fingerprint density at radius 2 is 2.13 bits per heavy atom. The van der Waals surface area contributed by atoms with E-state index in [1.807, 2.05) is 6.92 Å². The number of sulfonamides is 1. The molecule has 1 aliphatic heterocycles. The number of alkyl halides is 2. The summed E-state index contributed by atoms with van der Waals surface area (Å²) >= 11 is 6.43. The second-order valence-corrected chi connectivity index (χ2v) is 10.7. The van der Waals surface area contributed by atoms with Crippen molar-refractivity contribution in [3.63, 3.8) is 0 Å². The van der Waals surface area contributed by atoms with Crippen LogP contribution in [0, 0.1) is 11.3 Å². The highest BCUT2D eigenvalue weighted by Gasteiger charge is 2.47. The molecule has 12 heteroatoms. The topological polar surface area (TPSA) is 103 Å². The van der Waals surface area contributed by atoms with Crippen molar-refractivity contribution in [2.24, 2.45) is 0 Å². The lowest BCUT2D eigenvalue weighted by molar-refractivity contribution is -0.0541. The van der Waals surface area contributed by atoms with Crippen molar-refractivity contribution in [1.29, 1.82) is 5.26 Å². The first-order valence-corrected chi connectivity index (χ1v) is 12.3. The number of piperidine rings is 1. The normalized spacial score (nSPS) is 23.3. The van der Waals surface area contributed by atoms with Crippen LogP contribution >= 0.6 is 11.6 Å². The Labute approximate surface area is 184 Å². The van der Waals surface area contributed by atoms with Crippen LogP contribution in [0.2, 0.25) is 5.02 Å². The van der Waals surface area contributed by atoms with E-state index in [-0.39, 0.29) is 29.4 Å². The van der Waals surface area contributed by atoms with E-state index < -0.39 is 28.5 Å². The van der Waals surface area contributed by atoms with Gasteiger partial charge >= 0.3 is 0 Å². The number of hydrogen-bond donors (Lipinski definition) is 1. The third-order valence-corrected chi connectivity index (χ3v) is 8.20. The third kappa shape index (κ3) is 3.64. The SMILES string of the molecule is CCC1(c2c(C#N)c(Cl)c3cnc(NC4CCN(S(C)(=O)=O)CC4(F)F)nn23)CCC1. The van der Waals surface area contributed by atoms with E-state index in [0.29, 0.717) is 16.8 Å². The van der Waals surface area contributed by atoms with Gasteiger partial charge in [0.1, 0.15) is 11.6 Å². The van der Waals surface area contributed by atoms with E-state index in [0.717, 1.165) is 36.2 Å². The van der Waals surface area contributed by atoms with E-state index in [4.69, 9.17) is 11.6 Å². The minimum absolute atomic E-state index is 0.0204. The van der Waals surface area contributed by atoms with Gasteiger partial charge in [-0.15, -0.1) is 5.10 Å². The Bertz CT molecular complexity index is 1170. The Morgan fingerprint density at radius 3 is 2.65 bits per heavy atom. The molecule has 2 aliphatic rings. The average molecular weight is 473 g/mol. The molecule has 2 aromatic rings.